The third-order valence-electron chi connectivity index (χ3n) is 2.72. The smallest absolute Gasteiger partial charge is 0.0408 e. The first-order valence-electron chi connectivity index (χ1n) is 5.60. The molecule has 0 saturated carbocycles. The van der Waals surface area contributed by atoms with Gasteiger partial charge in [0, 0.05) is 17.9 Å². The molecular formula is C14H17N. The van der Waals surface area contributed by atoms with Crippen LogP contribution in [0.25, 0.3) is 0 Å². The van der Waals surface area contributed by atoms with Gasteiger partial charge in [0.2, 0.25) is 0 Å². The van der Waals surface area contributed by atoms with Crippen molar-refractivity contribution < 1.29 is 0 Å². The lowest BCUT2D eigenvalue weighted by Gasteiger charge is -2.27. The molecular weight excluding hydrogens is 182 g/mol. The minimum absolute atomic E-state index is 1.03. The predicted molar refractivity (Wildman–Crippen MR) is 65.9 cm³/mol. The van der Waals surface area contributed by atoms with E-state index in [4.69, 9.17) is 0 Å². The maximum absolute atomic E-state index is 2.38. The van der Waals surface area contributed by atoms with Crippen molar-refractivity contribution in [3.63, 3.8) is 0 Å². The first-order valence-corrected chi connectivity index (χ1v) is 5.60. The number of nitrogens with zero attached hydrogens (tertiary/aromatic N) is 1. The van der Waals surface area contributed by atoms with E-state index >= 15 is 0 Å². The number of anilines is 1. The second-order valence-corrected chi connectivity index (χ2v) is 3.70. The number of allylic oxidation sites excluding steroid dienone is 4. The van der Waals surface area contributed by atoms with E-state index in [1.165, 1.54) is 11.4 Å². The van der Waals surface area contributed by atoms with Gasteiger partial charge in [-0.3, -0.25) is 0 Å². The van der Waals surface area contributed by atoms with Gasteiger partial charge in [-0.1, -0.05) is 30.4 Å². The first-order chi connectivity index (χ1) is 7.42. The van der Waals surface area contributed by atoms with Crippen LogP contribution >= 0.6 is 0 Å². The SMILES string of the molecule is CCN(C1=CC=CCC1)c1ccccc1. The second kappa shape index (κ2) is 4.83. The van der Waals surface area contributed by atoms with Gasteiger partial charge >= 0.3 is 0 Å². The molecule has 0 aromatic heterocycles. The molecule has 0 bridgehead atoms. The standard InChI is InChI=1S/C14H17N/c1-2-15(13-9-5-3-6-10-13)14-11-7-4-8-12-14/h3-7,9-11H,2,8,12H2,1H3. The summed E-state index contributed by atoms with van der Waals surface area (Å²) in [5.41, 5.74) is 2.72. The fraction of sp³-hybridized carbons (Fsp3) is 0.286. The highest BCUT2D eigenvalue weighted by atomic mass is 15.1. The third-order valence-corrected chi connectivity index (χ3v) is 2.72. The molecule has 1 nitrogen and oxygen atoms in total. The summed E-state index contributed by atoms with van der Waals surface area (Å²) < 4.78 is 0. The number of hydrogen-bond donors (Lipinski definition) is 0. The summed E-state index contributed by atoms with van der Waals surface area (Å²) in [4.78, 5) is 2.38. The quantitative estimate of drug-likeness (QED) is 0.716. The lowest BCUT2D eigenvalue weighted by Crippen LogP contribution is -2.22. The van der Waals surface area contributed by atoms with Gasteiger partial charge in [0.1, 0.15) is 0 Å². The fourth-order valence-corrected chi connectivity index (χ4v) is 1.97. The Hall–Kier alpha value is -1.50. The van der Waals surface area contributed by atoms with Crippen molar-refractivity contribution in [1.29, 1.82) is 0 Å². The van der Waals surface area contributed by atoms with Gasteiger partial charge in [0.15, 0.2) is 0 Å². The highest BCUT2D eigenvalue weighted by Gasteiger charge is 2.09. The van der Waals surface area contributed by atoms with Crippen LogP contribution in [0.4, 0.5) is 5.69 Å². The maximum atomic E-state index is 2.38. The summed E-state index contributed by atoms with van der Waals surface area (Å²) in [6.07, 6.45) is 8.92. The van der Waals surface area contributed by atoms with Crippen LogP contribution in [0.2, 0.25) is 0 Å². The molecule has 1 heteroatoms. The summed E-state index contributed by atoms with van der Waals surface area (Å²) in [6.45, 7) is 3.23. The van der Waals surface area contributed by atoms with Crippen LogP contribution in [-0.2, 0) is 0 Å². The van der Waals surface area contributed by atoms with E-state index in [0.717, 1.165) is 19.4 Å². The highest BCUT2D eigenvalue weighted by molar-refractivity contribution is 5.52. The highest BCUT2D eigenvalue weighted by Crippen LogP contribution is 2.23. The summed E-state index contributed by atoms with van der Waals surface area (Å²) in [5.74, 6) is 0. The molecule has 0 heterocycles. The van der Waals surface area contributed by atoms with Gasteiger partial charge in [-0.15, -0.1) is 0 Å². The molecule has 1 aromatic rings. The monoisotopic (exact) mass is 199 g/mol. The fourth-order valence-electron chi connectivity index (χ4n) is 1.97. The van der Waals surface area contributed by atoms with Crippen LogP contribution in [0.1, 0.15) is 19.8 Å². The summed E-state index contributed by atoms with van der Waals surface area (Å²) >= 11 is 0. The Bertz CT molecular complexity index is 362. The third kappa shape index (κ3) is 2.30. The van der Waals surface area contributed by atoms with Crippen molar-refractivity contribution in [2.75, 3.05) is 11.4 Å². The first kappa shape index (κ1) is 10.0. The van der Waals surface area contributed by atoms with Crippen LogP contribution in [-0.4, -0.2) is 6.54 Å². The van der Waals surface area contributed by atoms with Crippen LogP contribution in [0, 0.1) is 0 Å². The molecule has 0 amide bonds. The number of rotatable bonds is 3. The predicted octanol–water partition coefficient (Wildman–Crippen LogP) is 3.75. The minimum atomic E-state index is 1.03. The summed E-state index contributed by atoms with van der Waals surface area (Å²) in [5, 5.41) is 0. The van der Waals surface area contributed by atoms with Crippen LogP contribution in [0.5, 0.6) is 0 Å². The molecule has 0 aliphatic heterocycles. The molecule has 15 heavy (non-hydrogen) atoms. The number of para-hydroxylation sites is 1. The van der Waals surface area contributed by atoms with Gasteiger partial charge in [-0.05, 0) is 38.0 Å². The van der Waals surface area contributed by atoms with Crippen LogP contribution in [0.15, 0.2) is 54.3 Å². The zero-order valence-corrected chi connectivity index (χ0v) is 9.19. The Morgan fingerprint density at radius 2 is 2.00 bits per heavy atom. The summed E-state index contributed by atoms with van der Waals surface area (Å²) in [6, 6.07) is 10.6. The van der Waals surface area contributed by atoms with E-state index in [1.54, 1.807) is 0 Å². The van der Waals surface area contributed by atoms with E-state index in [2.05, 4.69) is 60.4 Å². The Morgan fingerprint density at radius 1 is 1.20 bits per heavy atom. The molecule has 2 rings (SSSR count). The average molecular weight is 199 g/mol. The van der Waals surface area contributed by atoms with Gasteiger partial charge in [0.05, 0.1) is 0 Å². The molecule has 1 aliphatic rings. The van der Waals surface area contributed by atoms with Crippen molar-refractivity contribution >= 4 is 5.69 Å². The van der Waals surface area contributed by atoms with E-state index in [-0.39, 0.29) is 0 Å². The zero-order chi connectivity index (χ0) is 10.5. The van der Waals surface area contributed by atoms with Gasteiger partial charge in [-0.25, -0.2) is 0 Å². The van der Waals surface area contributed by atoms with E-state index in [1.807, 2.05) is 0 Å². The molecule has 1 aromatic carbocycles. The number of benzene rings is 1. The largest absolute Gasteiger partial charge is 0.345 e. The topological polar surface area (TPSA) is 3.24 Å². The maximum Gasteiger partial charge on any atom is 0.0408 e. The second-order valence-electron chi connectivity index (χ2n) is 3.70. The molecule has 0 fully saturated rings. The Morgan fingerprint density at radius 3 is 2.60 bits per heavy atom. The van der Waals surface area contributed by atoms with E-state index in [9.17, 15) is 0 Å². The molecule has 0 unspecified atom stereocenters. The van der Waals surface area contributed by atoms with Crippen LogP contribution < -0.4 is 4.90 Å². The Balaban J connectivity index is 2.24. The van der Waals surface area contributed by atoms with Gasteiger partial charge < -0.3 is 4.90 Å². The van der Waals surface area contributed by atoms with E-state index in [0.29, 0.717) is 0 Å². The van der Waals surface area contributed by atoms with Crippen LogP contribution in [0.3, 0.4) is 0 Å². The van der Waals surface area contributed by atoms with Crippen molar-refractivity contribution in [3.05, 3.63) is 54.3 Å². The molecule has 0 spiro atoms. The van der Waals surface area contributed by atoms with Crippen molar-refractivity contribution in [1.82, 2.24) is 0 Å². The summed E-state index contributed by atoms with van der Waals surface area (Å²) in [7, 11) is 0. The lowest BCUT2D eigenvalue weighted by molar-refractivity contribution is 0.847. The normalized spacial score (nSPS) is 14.9. The van der Waals surface area contributed by atoms with Gasteiger partial charge in [0.25, 0.3) is 0 Å². The Kier molecular flexibility index (Phi) is 3.23. The molecule has 0 saturated heterocycles. The van der Waals surface area contributed by atoms with Crippen molar-refractivity contribution in [2.45, 2.75) is 19.8 Å². The Labute approximate surface area is 91.7 Å². The molecule has 0 atom stereocenters. The zero-order valence-electron chi connectivity index (χ0n) is 9.19. The molecule has 1 aliphatic carbocycles. The number of hydrogen-bond acceptors (Lipinski definition) is 1. The van der Waals surface area contributed by atoms with Gasteiger partial charge in [-0.2, -0.15) is 0 Å². The van der Waals surface area contributed by atoms with Crippen molar-refractivity contribution in [2.24, 2.45) is 0 Å². The molecule has 0 N–H and O–H groups in total. The minimum Gasteiger partial charge on any atom is -0.345 e. The van der Waals surface area contributed by atoms with E-state index < -0.39 is 0 Å². The lowest BCUT2D eigenvalue weighted by atomic mass is 10.1. The molecule has 0 radical (unpaired) electrons. The average Bonchev–Trinajstić information content (AvgIpc) is 2.33. The molecule has 78 valence electrons. The van der Waals surface area contributed by atoms with Crippen molar-refractivity contribution in [3.8, 4) is 0 Å².